The highest BCUT2D eigenvalue weighted by Gasteiger charge is 1.90. The Morgan fingerprint density at radius 2 is 2.15 bits per heavy atom. The van der Waals surface area contributed by atoms with Crippen LogP contribution in [0.5, 0.6) is 5.75 Å². The third-order valence-electron chi connectivity index (χ3n) is 1.86. The number of methoxy groups -OCH3 is 1. The summed E-state index contributed by atoms with van der Waals surface area (Å²) in [6.45, 7) is 5.94. The van der Waals surface area contributed by atoms with Crippen molar-refractivity contribution in [2.45, 2.75) is 6.92 Å². The molecule has 0 aliphatic rings. The summed E-state index contributed by atoms with van der Waals surface area (Å²) in [6, 6.07) is 5.89. The lowest BCUT2D eigenvalue weighted by atomic mass is 10.2. The Balaban J connectivity index is 3.32. The number of allylic oxidation sites excluding steroid dienone is 2. The Morgan fingerprint density at radius 3 is 2.77 bits per heavy atom. The molecule has 1 rings (SSSR count). The zero-order valence-electron chi connectivity index (χ0n) is 8.08. The summed E-state index contributed by atoms with van der Waals surface area (Å²) < 4.78 is 5.16. The fraction of sp³-hybridized carbons (Fsp3) is 0.167. The molecule has 0 spiro atoms. The predicted molar refractivity (Wildman–Crippen MR) is 57.0 cm³/mol. The largest absolute Gasteiger partial charge is 0.496 e. The maximum absolute atomic E-state index is 5.16. The molecule has 68 valence electrons. The molecular formula is C12H14O. The Morgan fingerprint density at radius 1 is 1.38 bits per heavy atom. The third kappa shape index (κ3) is 2.22. The molecule has 1 nitrogen and oxygen atoms in total. The standard InChI is InChI=1S/C12H14O/c1-4-5-7-11-8-6-9-12(13-3)10(11)2/h4-9H,2H2,1,3H3/b5-4-,11-7-. The molecule has 0 fully saturated rings. The molecule has 1 aromatic rings. The van der Waals surface area contributed by atoms with E-state index in [0.29, 0.717) is 0 Å². The summed E-state index contributed by atoms with van der Waals surface area (Å²) in [7, 11) is 1.66. The molecule has 1 aromatic carbocycles. The maximum Gasteiger partial charge on any atom is 0.126 e. The summed E-state index contributed by atoms with van der Waals surface area (Å²) in [5.74, 6) is 0.832. The normalized spacial score (nSPS) is 12.3. The van der Waals surface area contributed by atoms with Gasteiger partial charge in [0, 0.05) is 5.22 Å². The van der Waals surface area contributed by atoms with E-state index in [-0.39, 0.29) is 0 Å². The van der Waals surface area contributed by atoms with Crippen molar-refractivity contribution in [2.75, 3.05) is 7.11 Å². The van der Waals surface area contributed by atoms with Crippen LogP contribution >= 0.6 is 0 Å². The maximum atomic E-state index is 5.16. The lowest BCUT2D eigenvalue weighted by Crippen LogP contribution is -2.23. The van der Waals surface area contributed by atoms with Gasteiger partial charge in [0.25, 0.3) is 0 Å². The molecular weight excluding hydrogens is 160 g/mol. The number of hydrogen-bond donors (Lipinski definition) is 0. The van der Waals surface area contributed by atoms with E-state index in [4.69, 9.17) is 4.74 Å². The molecule has 0 atom stereocenters. The molecule has 0 saturated heterocycles. The molecule has 0 unspecified atom stereocenters. The molecule has 0 N–H and O–H groups in total. The second-order valence-corrected chi connectivity index (χ2v) is 2.72. The van der Waals surface area contributed by atoms with Crippen LogP contribution in [0.25, 0.3) is 12.7 Å². The molecule has 0 aliphatic heterocycles. The fourth-order valence-corrected chi connectivity index (χ4v) is 1.13. The Hall–Kier alpha value is -1.50. The second kappa shape index (κ2) is 4.51. The lowest BCUT2D eigenvalue weighted by molar-refractivity contribution is 0.411. The van der Waals surface area contributed by atoms with Crippen LogP contribution in [0.2, 0.25) is 0 Å². The topological polar surface area (TPSA) is 9.23 Å². The van der Waals surface area contributed by atoms with Gasteiger partial charge in [0.2, 0.25) is 0 Å². The van der Waals surface area contributed by atoms with E-state index in [9.17, 15) is 0 Å². The van der Waals surface area contributed by atoms with Crippen LogP contribution in [0.4, 0.5) is 0 Å². The highest BCUT2D eigenvalue weighted by Crippen LogP contribution is 1.96. The Labute approximate surface area is 78.7 Å². The van der Waals surface area contributed by atoms with Crippen molar-refractivity contribution < 1.29 is 4.74 Å². The average Bonchev–Trinajstić information content (AvgIpc) is 2.16. The van der Waals surface area contributed by atoms with Gasteiger partial charge in [-0.25, -0.2) is 0 Å². The zero-order chi connectivity index (χ0) is 9.68. The van der Waals surface area contributed by atoms with Gasteiger partial charge in [-0.05, 0) is 18.2 Å². The van der Waals surface area contributed by atoms with Crippen molar-refractivity contribution in [3.8, 4) is 5.75 Å². The zero-order valence-corrected chi connectivity index (χ0v) is 8.08. The smallest absolute Gasteiger partial charge is 0.126 e. The quantitative estimate of drug-likeness (QED) is 0.659. The van der Waals surface area contributed by atoms with E-state index in [2.05, 4.69) is 6.58 Å². The molecule has 0 heterocycles. The van der Waals surface area contributed by atoms with Crippen molar-refractivity contribution in [1.29, 1.82) is 0 Å². The molecule has 1 heteroatoms. The first-order valence-corrected chi connectivity index (χ1v) is 4.24. The number of benzene rings is 1. The van der Waals surface area contributed by atoms with E-state index >= 15 is 0 Å². The Bertz CT molecular complexity index is 402. The molecule has 13 heavy (non-hydrogen) atoms. The van der Waals surface area contributed by atoms with Crippen LogP contribution in [-0.4, -0.2) is 7.11 Å². The highest BCUT2D eigenvalue weighted by molar-refractivity contribution is 5.40. The second-order valence-electron chi connectivity index (χ2n) is 2.72. The van der Waals surface area contributed by atoms with E-state index in [1.165, 1.54) is 0 Å². The summed E-state index contributed by atoms with van der Waals surface area (Å²) >= 11 is 0. The molecule has 0 saturated carbocycles. The SMILES string of the molecule is C=c1c(OC)ccc/c1=C/C=C\C. The third-order valence-corrected chi connectivity index (χ3v) is 1.86. The van der Waals surface area contributed by atoms with Crippen LogP contribution in [0, 0.1) is 0 Å². The summed E-state index contributed by atoms with van der Waals surface area (Å²) in [5.41, 5.74) is 0. The highest BCUT2D eigenvalue weighted by atomic mass is 16.5. The minimum absolute atomic E-state index is 0.832. The van der Waals surface area contributed by atoms with Gasteiger partial charge in [-0.15, -0.1) is 0 Å². The van der Waals surface area contributed by atoms with Gasteiger partial charge >= 0.3 is 0 Å². The summed E-state index contributed by atoms with van der Waals surface area (Å²) in [4.78, 5) is 0. The Kier molecular flexibility index (Phi) is 3.32. The van der Waals surface area contributed by atoms with Crippen LogP contribution < -0.4 is 15.2 Å². The first kappa shape index (κ1) is 9.59. The van der Waals surface area contributed by atoms with E-state index in [0.717, 1.165) is 16.2 Å². The van der Waals surface area contributed by atoms with Gasteiger partial charge in [0.05, 0.1) is 7.11 Å². The van der Waals surface area contributed by atoms with E-state index in [1.807, 2.05) is 43.4 Å². The van der Waals surface area contributed by atoms with Gasteiger partial charge in [-0.1, -0.05) is 36.9 Å². The molecule has 0 aliphatic carbocycles. The van der Waals surface area contributed by atoms with Crippen molar-refractivity contribution in [1.82, 2.24) is 0 Å². The molecule has 0 amide bonds. The molecule has 0 aromatic heterocycles. The van der Waals surface area contributed by atoms with E-state index in [1.54, 1.807) is 7.11 Å². The number of ether oxygens (including phenoxy) is 1. The predicted octanol–water partition coefficient (Wildman–Crippen LogP) is 1.46. The van der Waals surface area contributed by atoms with Crippen molar-refractivity contribution in [3.63, 3.8) is 0 Å². The summed E-state index contributed by atoms with van der Waals surface area (Å²) in [6.07, 6.45) is 5.99. The van der Waals surface area contributed by atoms with Gasteiger partial charge in [0.15, 0.2) is 0 Å². The average molecular weight is 174 g/mol. The van der Waals surface area contributed by atoms with Gasteiger partial charge in [-0.2, -0.15) is 0 Å². The van der Waals surface area contributed by atoms with Crippen LogP contribution in [0.15, 0.2) is 30.4 Å². The van der Waals surface area contributed by atoms with Crippen molar-refractivity contribution in [3.05, 3.63) is 40.8 Å². The van der Waals surface area contributed by atoms with Gasteiger partial charge in [-0.3, -0.25) is 0 Å². The van der Waals surface area contributed by atoms with E-state index < -0.39 is 0 Å². The van der Waals surface area contributed by atoms with Crippen molar-refractivity contribution >= 4 is 12.7 Å². The minimum atomic E-state index is 0.832. The number of rotatable bonds is 2. The summed E-state index contributed by atoms with van der Waals surface area (Å²) in [5, 5.41) is 2.03. The van der Waals surface area contributed by atoms with Crippen molar-refractivity contribution in [2.24, 2.45) is 0 Å². The monoisotopic (exact) mass is 174 g/mol. The van der Waals surface area contributed by atoms with Gasteiger partial charge in [0.1, 0.15) is 5.75 Å². The van der Waals surface area contributed by atoms with Crippen LogP contribution in [-0.2, 0) is 0 Å². The first-order valence-electron chi connectivity index (χ1n) is 4.24. The lowest BCUT2D eigenvalue weighted by Gasteiger charge is -1.98. The molecule has 0 bridgehead atoms. The fourth-order valence-electron chi connectivity index (χ4n) is 1.13. The van der Waals surface area contributed by atoms with Gasteiger partial charge < -0.3 is 4.74 Å². The first-order chi connectivity index (χ1) is 6.29. The molecule has 0 radical (unpaired) electrons. The number of hydrogen-bond acceptors (Lipinski definition) is 1. The van der Waals surface area contributed by atoms with Crippen LogP contribution in [0.1, 0.15) is 6.92 Å². The van der Waals surface area contributed by atoms with Crippen LogP contribution in [0.3, 0.4) is 0 Å². The minimum Gasteiger partial charge on any atom is -0.496 e.